The molecule has 106 valence electrons. The number of nitrogens with two attached hydrogens (primary N) is 1. The van der Waals surface area contributed by atoms with Crippen LogP contribution in [-0.4, -0.2) is 48.1 Å². The molecule has 6 heteroatoms. The van der Waals surface area contributed by atoms with Crippen LogP contribution in [0, 0.1) is 13.8 Å². The number of rotatable bonds is 5. The molecule has 0 spiro atoms. The number of hydrazine groups is 1. The molecule has 6 nitrogen and oxygen atoms in total. The lowest BCUT2D eigenvalue weighted by Gasteiger charge is -2.24. The number of likely N-dealkylation sites (tertiary alicyclic amines) is 1. The number of nitrogen functional groups attached to an aromatic ring is 1. The topological polar surface area (TPSA) is 70.3 Å². The fourth-order valence-corrected chi connectivity index (χ4v) is 2.53. The molecule has 19 heavy (non-hydrogen) atoms. The van der Waals surface area contributed by atoms with Gasteiger partial charge in [-0.25, -0.2) is 15.8 Å². The molecule has 1 aliphatic rings. The largest absolute Gasteiger partial charge is 0.358 e. The first-order chi connectivity index (χ1) is 9.11. The molecular weight excluding hydrogens is 240 g/mol. The highest BCUT2D eigenvalue weighted by Crippen LogP contribution is 2.21. The molecule has 0 aliphatic carbocycles. The van der Waals surface area contributed by atoms with Crippen LogP contribution in [0.5, 0.6) is 0 Å². The molecule has 2 heterocycles. The number of hydrogen-bond donors (Lipinski definition) is 2. The van der Waals surface area contributed by atoms with Crippen molar-refractivity contribution in [2.45, 2.75) is 26.7 Å². The Kier molecular flexibility index (Phi) is 4.55. The highest BCUT2D eigenvalue weighted by atomic mass is 15.3. The van der Waals surface area contributed by atoms with Crippen molar-refractivity contribution < 1.29 is 0 Å². The Balaban J connectivity index is 2.05. The Bertz CT molecular complexity index is 427. The van der Waals surface area contributed by atoms with Crippen molar-refractivity contribution in [2.24, 2.45) is 5.84 Å². The summed E-state index contributed by atoms with van der Waals surface area (Å²) in [5.41, 5.74) is 3.64. The van der Waals surface area contributed by atoms with E-state index in [9.17, 15) is 0 Å². The van der Waals surface area contributed by atoms with E-state index in [-0.39, 0.29) is 0 Å². The first-order valence-electron chi connectivity index (χ1n) is 6.87. The monoisotopic (exact) mass is 264 g/mol. The zero-order chi connectivity index (χ0) is 13.8. The molecule has 0 unspecified atom stereocenters. The quantitative estimate of drug-likeness (QED) is 0.608. The number of nitrogens with one attached hydrogen (secondary N) is 1. The summed E-state index contributed by atoms with van der Waals surface area (Å²) in [5.74, 6) is 7.89. The fourth-order valence-electron chi connectivity index (χ4n) is 2.53. The molecule has 0 atom stereocenters. The van der Waals surface area contributed by atoms with E-state index in [1.807, 2.05) is 13.8 Å². The van der Waals surface area contributed by atoms with E-state index in [0.29, 0.717) is 5.82 Å². The summed E-state index contributed by atoms with van der Waals surface area (Å²) in [7, 11) is 2.07. The number of aromatic nitrogens is 2. The minimum atomic E-state index is 0.704. The fraction of sp³-hybridized carbons (Fsp3) is 0.692. The van der Waals surface area contributed by atoms with Crippen LogP contribution in [-0.2, 0) is 0 Å². The Labute approximate surface area is 115 Å². The predicted octanol–water partition coefficient (Wildman–Crippen LogP) is 0.911. The Morgan fingerprint density at radius 1 is 1.26 bits per heavy atom. The Hall–Kier alpha value is -1.40. The van der Waals surface area contributed by atoms with Gasteiger partial charge in [0.05, 0.1) is 0 Å². The third-order valence-corrected chi connectivity index (χ3v) is 3.68. The molecule has 2 rings (SSSR count). The van der Waals surface area contributed by atoms with Crippen LogP contribution < -0.4 is 16.2 Å². The van der Waals surface area contributed by atoms with Crippen LogP contribution in [0.1, 0.15) is 24.2 Å². The molecule has 0 radical (unpaired) electrons. The highest BCUT2D eigenvalue weighted by Gasteiger charge is 2.15. The molecule has 0 saturated carbocycles. The van der Waals surface area contributed by atoms with Crippen LogP contribution >= 0.6 is 0 Å². The van der Waals surface area contributed by atoms with E-state index in [4.69, 9.17) is 5.84 Å². The zero-order valence-corrected chi connectivity index (χ0v) is 12.1. The second kappa shape index (κ2) is 6.16. The van der Waals surface area contributed by atoms with Gasteiger partial charge in [-0.3, -0.25) is 0 Å². The average molecular weight is 264 g/mol. The van der Waals surface area contributed by atoms with Gasteiger partial charge in [0.1, 0.15) is 17.5 Å². The SMILES string of the molecule is Cc1nc(NN)c(C)c(N(C)CCN2CCCC2)n1. The summed E-state index contributed by atoms with van der Waals surface area (Å²) in [6, 6.07) is 0. The second-order valence-corrected chi connectivity index (χ2v) is 5.18. The average Bonchev–Trinajstić information content (AvgIpc) is 2.91. The summed E-state index contributed by atoms with van der Waals surface area (Å²) in [6.07, 6.45) is 2.66. The lowest BCUT2D eigenvalue weighted by atomic mass is 10.3. The molecule has 0 amide bonds. The highest BCUT2D eigenvalue weighted by molar-refractivity contribution is 5.57. The number of anilines is 2. The summed E-state index contributed by atoms with van der Waals surface area (Å²) in [6.45, 7) is 8.40. The standard InChI is InChI=1S/C13H24N6/c1-10-12(17-14)15-11(2)16-13(10)18(3)8-9-19-6-4-5-7-19/h4-9,14H2,1-3H3,(H,15,16,17). The second-order valence-electron chi connectivity index (χ2n) is 5.18. The van der Waals surface area contributed by atoms with Crippen molar-refractivity contribution in [1.82, 2.24) is 14.9 Å². The minimum absolute atomic E-state index is 0.704. The van der Waals surface area contributed by atoms with Crippen LogP contribution in [0.3, 0.4) is 0 Å². The van der Waals surface area contributed by atoms with Crippen molar-refractivity contribution in [3.8, 4) is 0 Å². The normalized spacial score (nSPS) is 15.8. The van der Waals surface area contributed by atoms with Crippen molar-refractivity contribution in [1.29, 1.82) is 0 Å². The van der Waals surface area contributed by atoms with Crippen molar-refractivity contribution in [3.05, 3.63) is 11.4 Å². The zero-order valence-electron chi connectivity index (χ0n) is 12.1. The van der Waals surface area contributed by atoms with Gasteiger partial charge in [0.25, 0.3) is 0 Å². The number of aryl methyl sites for hydroxylation is 1. The van der Waals surface area contributed by atoms with Crippen LogP contribution in [0.4, 0.5) is 11.6 Å². The molecular formula is C13H24N6. The maximum atomic E-state index is 5.50. The molecule has 1 fully saturated rings. The number of hydrogen-bond acceptors (Lipinski definition) is 6. The maximum Gasteiger partial charge on any atom is 0.148 e. The van der Waals surface area contributed by atoms with Gasteiger partial charge in [-0.2, -0.15) is 0 Å². The molecule has 0 bridgehead atoms. The molecule has 3 N–H and O–H groups in total. The molecule has 1 aliphatic heterocycles. The van der Waals surface area contributed by atoms with E-state index >= 15 is 0 Å². The van der Waals surface area contributed by atoms with Crippen LogP contribution in [0.2, 0.25) is 0 Å². The Morgan fingerprint density at radius 3 is 2.58 bits per heavy atom. The van der Waals surface area contributed by atoms with E-state index in [0.717, 1.165) is 30.3 Å². The van der Waals surface area contributed by atoms with Gasteiger partial charge in [0, 0.05) is 25.7 Å². The van der Waals surface area contributed by atoms with Gasteiger partial charge in [-0.05, 0) is 39.8 Å². The van der Waals surface area contributed by atoms with Crippen LogP contribution in [0.25, 0.3) is 0 Å². The third kappa shape index (κ3) is 3.33. The van der Waals surface area contributed by atoms with E-state index < -0.39 is 0 Å². The number of likely N-dealkylation sites (N-methyl/N-ethyl adjacent to an activating group) is 1. The van der Waals surface area contributed by atoms with Gasteiger partial charge in [0.2, 0.25) is 0 Å². The molecule has 1 aromatic rings. The van der Waals surface area contributed by atoms with E-state index in [1.165, 1.54) is 25.9 Å². The molecule has 1 saturated heterocycles. The van der Waals surface area contributed by atoms with E-state index in [1.54, 1.807) is 0 Å². The Morgan fingerprint density at radius 2 is 1.95 bits per heavy atom. The predicted molar refractivity (Wildman–Crippen MR) is 78.3 cm³/mol. The lowest BCUT2D eigenvalue weighted by Crippen LogP contribution is -2.32. The first-order valence-corrected chi connectivity index (χ1v) is 6.87. The molecule has 1 aromatic heterocycles. The first kappa shape index (κ1) is 14.0. The maximum absolute atomic E-state index is 5.50. The van der Waals surface area contributed by atoms with Crippen molar-refractivity contribution >= 4 is 11.6 Å². The third-order valence-electron chi connectivity index (χ3n) is 3.68. The summed E-state index contributed by atoms with van der Waals surface area (Å²) < 4.78 is 0. The van der Waals surface area contributed by atoms with Crippen LogP contribution in [0.15, 0.2) is 0 Å². The van der Waals surface area contributed by atoms with E-state index in [2.05, 4.69) is 32.2 Å². The van der Waals surface area contributed by atoms with Gasteiger partial charge >= 0.3 is 0 Å². The van der Waals surface area contributed by atoms with Gasteiger partial charge in [-0.15, -0.1) is 0 Å². The summed E-state index contributed by atoms with van der Waals surface area (Å²) in [5, 5.41) is 0. The minimum Gasteiger partial charge on any atom is -0.358 e. The van der Waals surface area contributed by atoms with Gasteiger partial charge in [0.15, 0.2) is 0 Å². The van der Waals surface area contributed by atoms with Gasteiger partial charge in [-0.1, -0.05) is 0 Å². The summed E-state index contributed by atoms with van der Waals surface area (Å²) >= 11 is 0. The van der Waals surface area contributed by atoms with Gasteiger partial charge < -0.3 is 15.2 Å². The molecule has 0 aromatic carbocycles. The lowest BCUT2D eigenvalue weighted by molar-refractivity contribution is 0.346. The smallest absolute Gasteiger partial charge is 0.148 e. The number of nitrogens with zero attached hydrogens (tertiary/aromatic N) is 4. The van der Waals surface area contributed by atoms with Crippen molar-refractivity contribution in [2.75, 3.05) is 43.6 Å². The van der Waals surface area contributed by atoms with Crippen molar-refractivity contribution in [3.63, 3.8) is 0 Å². The summed E-state index contributed by atoms with van der Waals surface area (Å²) in [4.78, 5) is 13.5.